The number of nitrogens with one attached hydrogen (secondary N) is 1. The van der Waals surface area contributed by atoms with E-state index in [0.29, 0.717) is 6.54 Å². The van der Waals surface area contributed by atoms with Crippen molar-refractivity contribution in [2.24, 2.45) is 5.73 Å². The third kappa shape index (κ3) is 4.12. The Morgan fingerprint density at radius 3 is 2.48 bits per heavy atom. The SMILES string of the molecule is Cc1c(C)c2c(c(C)c1CNC(=O)CC[C@H](N)C(=O)O)CC(C)(C)O2. The summed E-state index contributed by atoms with van der Waals surface area (Å²) in [6, 6.07) is -1.00. The molecule has 1 aromatic carbocycles. The van der Waals surface area contributed by atoms with Gasteiger partial charge in [0.05, 0.1) is 0 Å². The van der Waals surface area contributed by atoms with Gasteiger partial charge in [0.25, 0.3) is 0 Å². The van der Waals surface area contributed by atoms with Crippen molar-refractivity contribution in [1.29, 1.82) is 0 Å². The van der Waals surface area contributed by atoms with Gasteiger partial charge in [0.1, 0.15) is 17.4 Å². The van der Waals surface area contributed by atoms with Crippen molar-refractivity contribution in [1.82, 2.24) is 5.32 Å². The number of benzene rings is 1. The van der Waals surface area contributed by atoms with Crippen LogP contribution < -0.4 is 15.8 Å². The summed E-state index contributed by atoms with van der Waals surface area (Å²) in [6.07, 6.45) is 1.08. The molecule has 25 heavy (non-hydrogen) atoms. The van der Waals surface area contributed by atoms with Crippen LogP contribution in [0.2, 0.25) is 0 Å². The minimum absolute atomic E-state index is 0.103. The number of carboxylic acid groups (broad SMARTS) is 1. The average Bonchev–Trinajstić information content (AvgIpc) is 2.86. The number of aliphatic carboxylic acids is 1. The molecule has 0 saturated heterocycles. The van der Waals surface area contributed by atoms with E-state index in [1.54, 1.807) is 0 Å². The third-order valence-corrected chi connectivity index (χ3v) is 4.98. The molecule has 1 aromatic rings. The van der Waals surface area contributed by atoms with E-state index in [1.807, 2.05) is 13.8 Å². The molecular weight excluding hydrogens is 320 g/mol. The smallest absolute Gasteiger partial charge is 0.320 e. The minimum Gasteiger partial charge on any atom is -0.487 e. The quantitative estimate of drug-likeness (QED) is 0.731. The van der Waals surface area contributed by atoms with Gasteiger partial charge in [-0.15, -0.1) is 0 Å². The Kier molecular flexibility index (Phi) is 5.42. The Morgan fingerprint density at radius 2 is 1.88 bits per heavy atom. The normalized spacial score (nSPS) is 16.1. The van der Waals surface area contributed by atoms with E-state index in [-0.39, 0.29) is 24.3 Å². The zero-order chi connectivity index (χ0) is 18.9. The topological polar surface area (TPSA) is 102 Å². The number of carboxylic acids is 1. The van der Waals surface area contributed by atoms with E-state index in [1.165, 1.54) is 5.56 Å². The van der Waals surface area contributed by atoms with Crippen molar-refractivity contribution < 1.29 is 19.4 Å². The summed E-state index contributed by atoms with van der Waals surface area (Å²) >= 11 is 0. The molecule has 0 radical (unpaired) electrons. The Morgan fingerprint density at radius 1 is 1.24 bits per heavy atom. The van der Waals surface area contributed by atoms with Gasteiger partial charge in [-0.3, -0.25) is 9.59 Å². The number of rotatable bonds is 6. The zero-order valence-corrected chi connectivity index (χ0v) is 15.7. The van der Waals surface area contributed by atoms with E-state index in [4.69, 9.17) is 15.6 Å². The molecule has 6 heteroatoms. The second kappa shape index (κ2) is 7.04. The lowest BCUT2D eigenvalue weighted by molar-refractivity contribution is -0.138. The fourth-order valence-electron chi connectivity index (χ4n) is 3.30. The number of nitrogens with two attached hydrogens (primary N) is 1. The molecule has 138 valence electrons. The molecule has 0 saturated carbocycles. The summed E-state index contributed by atoms with van der Waals surface area (Å²) in [5.74, 6) is -0.302. The molecule has 2 rings (SSSR count). The fraction of sp³-hybridized carbons (Fsp3) is 0.579. The number of fused-ring (bicyclic) bond motifs is 1. The first-order chi connectivity index (χ1) is 11.5. The minimum atomic E-state index is -1.09. The van der Waals surface area contributed by atoms with E-state index in [0.717, 1.165) is 34.4 Å². The van der Waals surface area contributed by atoms with Gasteiger partial charge in [-0.05, 0) is 63.3 Å². The van der Waals surface area contributed by atoms with Crippen LogP contribution in [0.1, 0.15) is 54.5 Å². The van der Waals surface area contributed by atoms with Crippen molar-refractivity contribution >= 4 is 11.9 Å². The van der Waals surface area contributed by atoms with Crippen LogP contribution >= 0.6 is 0 Å². The lowest BCUT2D eigenvalue weighted by Crippen LogP contribution is -2.32. The molecule has 0 bridgehead atoms. The lowest BCUT2D eigenvalue weighted by atomic mass is 9.89. The summed E-state index contributed by atoms with van der Waals surface area (Å²) in [6.45, 7) is 10.7. The molecule has 4 N–H and O–H groups in total. The van der Waals surface area contributed by atoms with Crippen LogP contribution in [0.3, 0.4) is 0 Å². The highest BCUT2D eigenvalue weighted by atomic mass is 16.5. The molecule has 0 aliphatic carbocycles. The van der Waals surface area contributed by atoms with Gasteiger partial charge in [0.2, 0.25) is 5.91 Å². The Hall–Kier alpha value is -2.08. The van der Waals surface area contributed by atoms with Crippen LogP contribution in [-0.2, 0) is 22.6 Å². The third-order valence-electron chi connectivity index (χ3n) is 4.98. The van der Waals surface area contributed by atoms with Crippen molar-refractivity contribution in [3.8, 4) is 5.75 Å². The first-order valence-electron chi connectivity index (χ1n) is 8.59. The first kappa shape index (κ1) is 19.2. The van der Waals surface area contributed by atoms with Gasteiger partial charge in [0.15, 0.2) is 0 Å². The second-order valence-corrected chi connectivity index (χ2v) is 7.46. The van der Waals surface area contributed by atoms with Crippen molar-refractivity contribution in [3.63, 3.8) is 0 Å². The van der Waals surface area contributed by atoms with E-state index in [2.05, 4.69) is 26.1 Å². The molecule has 0 aromatic heterocycles. The maximum atomic E-state index is 12.0. The zero-order valence-electron chi connectivity index (χ0n) is 15.7. The Balaban J connectivity index is 2.10. The number of hydrogen-bond donors (Lipinski definition) is 3. The Labute approximate surface area is 148 Å². The fourth-order valence-corrected chi connectivity index (χ4v) is 3.30. The highest BCUT2D eigenvalue weighted by molar-refractivity contribution is 5.78. The maximum Gasteiger partial charge on any atom is 0.320 e. The maximum absolute atomic E-state index is 12.0. The number of hydrogen-bond acceptors (Lipinski definition) is 4. The van der Waals surface area contributed by atoms with Crippen molar-refractivity contribution in [2.45, 2.75) is 72.1 Å². The highest BCUT2D eigenvalue weighted by Gasteiger charge is 2.34. The molecular formula is C19H28N2O4. The molecule has 1 amide bonds. The van der Waals surface area contributed by atoms with Crippen molar-refractivity contribution in [3.05, 3.63) is 27.8 Å². The first-order valence-corrected chi connectivity index (χ1v) is 8.59. The summed E-state index contributed by atoms with van der Waals surface area (Å²) < 4.78 is 6.10. The molecule has 6 nitrogen and oxygen atoms in total. The van der Waals surface area contributed by atoms with Gasteiger partial charge in [-0.1, -0.05) is 0 Å². The summed E-state index contributed by atoms with van der Waals surface area (Å²) in [7, 11) is 0. The standard InChI is InChI=1S/C19H28N2O4/c1-10-11(2)17-13(8-19(4,5)25-17)12(3)14(10)9-21-16(22)7-6-15(20)18(23)24/h15H,6-9,20H2,1-5H3,(H,21,22)(H,23,24)/t15-/m0/s1. The number of amides is 1. The van der Waals surface area contributed by atoms with E-state index >= 15 is 0 Å². The Bertz CT molecular complexity index is 710. The van der Waals surface area contributed by atoms with E-state index < -0.39 is 12.0 Å². The summed E-state index contributed by atoms with van der Waals surface area (Å²) in [5.41, 5.74) is 10.9. The predicted molar refractivity (Wildman–Crippen MR) is 95.8 cm³/mol. The molecule has 0 spiro atoms. The van der Waals surface area contributed by atoms with Crippen molar-refractivity contribution in [2.75, 3.05) is 0 Å². The molecule has 1 aliphatic rings. The molecule has 0 unspecified atom stereocenters. The van der Waals surface area contributed by atoms with Crippen LogP contribution in [0, 0.1) is 20.8 Å². The summed E-state index contributed by atoms with van der Waals surface area (Å²) in [5, 5.41) is 11.7. The predicted octanol–water partition coefficient (Wildman–Crippen LogP) is 2.13. The second-order valence-electron chi connectivity index (χ2n) is 7.46. The number of carbonyl (C=O) groups is 2. The van der Waals surface area contributed by atoms with Crippen LogP contribution in [0.15, 0.2) is 0 Å². The van der Waals surface area contributed by atoms with Gasteiger partial charge in [-0.2, -0.15) is 0 Å². The summed E-state index contributed by atoms with van der Waals surface area (Å²) in [4.78, 5) is 22.7. The number of ether oxygens (including phenoxy) is 1. The average molecular weight is 348 g/mol. The van der Waals surface area contributed by atoms with Gasteiger partial charge in [0, 0.05) is 24.9 Å². The van der Waals surface area contributed by atoms with E-state index in [9.17, 15) is 9.59 Å². The molecule has 1 heterocycles. The van der Waals surface area contributed by atoms with Gasteiger partial charge >= 0.3 is 5.97 Å². The molecule has 1 aliphatic heterocycles. The van der Waals surface area contributed by atoms with Gasteiger partial charge in [-0.25, -0.2) is 0 Å². The van der Waals surface area contributed by atoms with Crippen LogP contribution in [0.5, 0.6) is 5.75 Å². The van der Waals surface area contributed by atoms with Crippen LogP contribution in [0.25, 0.3) is 0 Å². The molecule has 1 atom stereocenters. The number of carbonyl (C=O) groups excluding carboxylic acids is 1. The highest BCUT2D eigenvalue weighted by Crippen LogP contribution is 2.42. The van der Waals surface area contributed by atoms with Crippen LogP contribution in [-0.4, -0.2) is 28.6 Å². The lowest BCUT2D eigenvalue weighted by Gasteiger charge is -2.19. The van der Waals surface area contributed by atoms with Gasteiger partial charge < -0.3 is 20.9 Å². The largest absolute Gasteiger partial charge is 0.487 e. The molecule has 0 fully saturated rings. The van der Waals surface area contributed by atoms with Crippen LogP contribution in [0.4, 0.5) is 0 Å². The monoisotopic (exact) mass is 348 g/mol.